The van der Waals surface area contributed by atoms with Crippen molar-refractivity contribution in [3.8, 4) is 22.1 Å². The molecule has 0 aliphatic carbocycles. The number of thiazole rings is 1. The number of nitrogens with zero attached hydrogens (tertiary/aromatic N) is 1. The van der Waals surface area contributed by atoms with Crippen LogP contribution in [-0.4, -0.2) is 36.2 Å². The number of amides is 1. The van der Waals surface area contributed by atoms with Crippen molar-refractivity contribution in [1.29, 1.82) is 0 Å². The highest BCUT2D eigenvalue weighted by Crippen LogP contribution is 2.29. The number of hydrogen-bond acceptors (Lipinski definition) is 7. The molecule has 3 aromatic rings. The number of methoxy groups -OCH3 is 1. The third-order valence-electron chi connectivity index (χ3n) is 4.86. The molecule has 0 aliphatic heterocycles. The van der Waals surface area contributed by atoms with Gasteiger partial charge in [-0.15, -0.1) is 11.3 Å². The van der Waals surface area contributed by atoms with E-state index in [2.05, 4.69) is 10.3 Å². The van der Waals surface area contributed by atoms with Gasteiger partial charge in [0.1, 0.15) is 21.4 Å². The molecule has 7 nitrogen and oxygen atoms in total. The summed E-state index contributed by atoms with van der Waals surface area (Å²) >= 11 is 1.36. The van der Waals surface area contributed by atoms with Crippen LogP contribution in [0.15, 0.2) is 48.5 Å². The first-order valence-electron chi connectivity index (χ1n) is 10.6. The quantitative estimate of drug-likeness (QED) is 0.455. The minimum absolute atomic E-state index is 0.173. The molecule has 0 unspecified atom stereocenters. The SMILES string of the molecule is CCOC(=O)C(C)(C)Oc1ccc(CNC(=O)c2sc(-c3ccc(OC)cc3)nc2C)cc1. The molecule has 1 amide bonds. The molecule has 33 heavy (non-hydrogen) atoms. The van der Waals surface area contributed by atoms with E-state index in [1.165, 1.54) is 11.3 Å². The Morgan fingerprint density at radius 2 is 1.67 bits per heavy atom. The molecule has 0 fully saturated rings. The maximum Gasteiger partial charge on any atom is 0.349 e. The predicted molar refractivity (Wildman–Crippen MR) is 128 cm³/mol. The van der Waals surface area contributed by atoms with Gasteiger partial charge in [-0.3, -0.25) is 4.79 Å². The molecule has 2 aromatic carbocycles. The van der Waals surface area contributed by atoms with E-state index < -0.39 is 11.6 Å². The van der Waals surface area contributed by atoms with Crippen molar-refractivity contribution in [2.45, 2.75) is 39.8 Å². The van der Waals surface area contributed by atoms with Crippen molar-refractivity contribution in [3.05, 3.63) is 64.7 Å². The summed E-state index contributed by atoms with van der Waals surface area (Å²) in [7, 11) is 1.62. The van der Waals surface area contributed by atoms with Crippen molar-refractivity contribution in [2.24, 2.45) is 0 Å². The van der Waals surface area contributed by atoms with Crippen LogP contribution in [0.3, 0.4) is 0 Å². The van der Waals surface area contributed by atoms with Gasteiger partial charge in [0.2, 0.25) is 0 Å². The van der Waals surface area contributed by atoms with Gasteiger partial charge in [-0.2, -0.15) is 0 Å². The number of aryl methyl sites for hydroxylation is 1. The van der Waals surface area contributed by atoms with E-state index in [-0.39, 0.29) is 5.91 Å². The fraction of sp³-hybridized carbons (Fsp3) is 0.320. The minimum atomic E-state index is -1.09. The zero-order valence-electron chi connectivity index (χ0n) is 19.4. The number of ether oxygens (including phenoxy) is 3. The summed E-state index contributed by atoms with van der Waals surface area (Å²) in [6, 6.07) is 14.8. The van der Waals surface area contributed by atoms with Gasteiger partial charge in [-0.1, -0.05) is 12.1 Å². The summed E-state index contributed by atoms with van der Waals surface area (Å²) in [5, 5.41) is 3.72. The maximum atomic E-state index is 12.7. The summed E-state index contributed by atoms with van der Waals surface area (Å²) in [4.78, 5) is 29.9. The second-order valence-electron chi connectivity index (χ2n) is 7.82. The van der Waals surface area contributed by atoms with E-state index in [4.69, 9.17) is 14.2 Å². The van der Waals surface area contributed by atoms with E-state index in [1.807, 2.05) is 43.3 Å². The Bertz CT molecular complexity index is 1100. The standard InChI is InChI=1S/C25H28N2O5S/c1-6-31-24(29)25(3,4)32-20-11-7-17(8-12-20)15-26-22(28)21-16(2)27-23(33-21)18-9-13-19(30-5)14-10-18/h7-14H,6,15H2,1-5H3,(H,26,28). The van der Waals surface area contributed by atoms with Crippen molar-refractivity contribution in [3.63, 3.8) is 0 Å². The van der Waals surface area contributed by atoms with Gasteiger partial charge in [0.15, 0.2) is 5.60 Å². The predicted octanol–water partition coefficient (Wildman–Crippen LogP) is 4.78. The van der Waals surface area contributed by atoms with E-state index in [9.17, 15) is 9.59 Å². The van der Waals surface area contributed by atoms with Crippen molar-refractivity contribution in [1.82, 2.24) is 10.3 Å². The maximum absolute atomic E-state index is 12.7. The van der Waals surface area contributed by atoms with Crippen LogP contribution in [-0.2, 0) is 16.1 Å². The van der Waals surface area contributed by atoms with E-state index >= 15 is 0 Å². The van der Waals surface area contributed by atoms with Gasteiger partial charge in [0.25, 0.3) is 5.91 Å². The second-order valence-corrected chi connectivity index (χ2v) is 8.82. The molecule has 1 aromatic heterocycles. The van der Waals surface area contributed by atoms with E-state index in [0.717, 1.165) is 21.9 Å². The van der Waals surface area contributed by atoms with Crippen molar-refractivity contribution >= 4 is 23.2 Å². The number of aromatic nitrogens is 1. The smallest absolute Gasteiger partial charge is 0.349 e. The van der Waals surface area contributed by atoms with Crippen LogP contribution in [0.4, 0.5) is 0 Å². The Kier molecular flexibility index (Phi) is 7.71. The lowest BCUT2D eigenvalue weighted by Crippen LogP contribution is -2.39. The number of benzene rings is 2. The monoisotopic (exact) mass is 468 g/mol. The second kappa shape index (κ2) is 10.5. The number of carbonyl (C=O) groups excluding carboxylic acids is 2. The zero-order chi connectivity index (χ0) is 24.0. The topological polar surface area (TPSA) is 86.8 Å². The van der Waals surface area contributed by atoms with Gasteiger partial charge >= 0.3 is 5.97 Å². The average Bonchev–Trinajstić information content (AvgIpc) is 3.20. The highest BCUT2D eigenvalue weighted by atomic mass is 32.1. The first-order chi connectivity index (χ1) is 15.7. The van der Waals surface area contributed by atoms with Crippen LogP contribution >= 0.6 is 11.3 Å². The largest absolute Gasteiger partial charge is 0.497 e. The van der Waals surface area contributed by atoms with Crippen LogP contribution < -0.4 is 14.8 Å². The molecule has 8 heteroatoms. The van der Waals surface area contributed by atoms with Crippen molar-refractivity contribution < 1.29 is 23.8 Å². The third-order valence-corrected chi connectivity index (χ3v) is 6.06. The molecule has 0 bridgehead atoms. The number of rotatable bonds is 9. The Morgan fingerprint density at radius 3 is 2.27 bits per heavy atom. The lowest BCUT2D eigenvalue weighted by atomic mass is 10.1. The minimum Gasteiger partial charge on any atom is -0.497 e. The number of nitrogens with one attached hydrogen (secondary N) is 1. The summed E-state index contributed by atoms with van der Waals surface area (Å²) in [6.07, 6.45) is 0. The van der Waals surface area contributed by atoms with Crippen LogP contribution in [0.5, 0.6) is 11.5 Å². The van der Waals surface area contributed by atoms with E-state index in [1.54, 1.807) is 40.0 Å². The molecule has 0 saturated carbocycles. The van der Waals surface area contributed by atoms with Crippen molar-refractivity contribution in [2.75, 3.05) is 13.7 Å². The molecule has 0 spiro atoms. The summed E-state index contributed by atoms with van der Waals surface area (Å²) < 4.78 is 16.0. The highest BCUT2D eigenvalue weighted by Gasteiger charge is 2.31. The Hall–Kier alpha value is -3.39. The highest BCUT2D eigenvalue weighted by molar-refractivity contribution is 7.17. The molecule has 174 valence electrons. The van der Waals surface area contributed by atoms with Crippen LogP contribution in [0.25, 0.3) is 10.6 Å². The number of hydrogen-bond donors (Lipinski definition) is 1. The third kappa shape index (κ3) is 6.10. The summed E-state index contributed by atoms with van der Waals surface area (Å²) in [5.41, 5.74) is 1.44. The molecular weight excluding hydrogens is 440 g/mol. The lowest BCUT2D eigenvalue weighted by molar-refractivity contribution is -0.158. The van der Waals surface area contributed by atoms with Gasteiger partial charge in [0, 0.05) is 12.1 Å². The fourth-order valence-corrected chi connectivity index (χ4v) is 4.03. The molecule has 0 saturated heterocycles. The van der Waals surface area contributed by atoms with E-state index in [0.29, 0.717) is 29.5 Å². The number of carbonyl (C=O) groups is 2. The van der Waals surface area contributed by atoms with Crippen LogP contribution in [0.1, 0.15) is 41.7 Å². The van der Waals surface area contributed by atoms with Gasteiger partial charge in [-0.25, -0.2) is 9.78 Å². The molecule has 0 aliphatic rings. The summed E-state index contributed by atoms with van der Waals surface area (Å²) in [5.74, 6) is 0.722. The fourth-order valence-electron chi connectivity index (χ4n) is 3.04. The van der Waals surface area contributed by atoms with Crippen LogP contribution in [0, 0.1) is 6.92 Å². The molecule has 1 N–H and O–H groups in total. The van der Waals surface area contributed by atoms with Gasteiger partial charge < -0.3 is 19.5 Å². The lowest BCUT2D eigenvalue weighted by Gasteiger charge is -2.24. The molecular formula is C25H28N2O5S. The van der Waals surface area contributed by atoms with Gasteiger partial charge in [0.05, 0.1) is 19.4 Å². The first kappa shape index (κ1) is 24.3. The average molecular weight is 469 g/mol. The molecule has 0 radical (unpaired) electrons. The Morgan fingerprint density at radius 1 is 1.03 bits per heavy atom. The molecule has 0 atom stereocenters. The number of esters is 1. The van der Waals surface area contributed by atoms with Crippen LogP contribution in [0.2, 0.25) is 0 Å². The normalized spacial score (nSPS) is 11.1. The zero-order valence-corrected chi connectivity index (χ0v) is 20.2. The molecule has 3 rings (SSSR count). The van der Waals surface area contributed by atoms with Gasteiger partial charge in [-0.05, 0) is 69.7 Å². The Labute approximate surface area is 197 Å². The first-order valence-corrected chi connectivity index (χ1v) is 11.4. The Balaban J connectivity index is 1.60. The summed E-state index contributed by atoms with van der Waals surface area (Å²) in [6.45, 7) is 7.56. The molecule has 1 heterocycles.